The molecule has 1 aromatic carbocycles. The summed E-state index contributed by atoms with van der Waals surface area (Å²) in [5.41, 5.74) is 11.0. The maximum atomic E-state index is 11.6. The molecule has 82 valence electrons. The van der Waals surface area contributed by atoms with Crippen molar-refractivity contribution >= 4 is 17.3 Å². The van der Waals surface area contributed by atoms with Crippen molar-refractivity contribution in [3.05, 3.63) is 34.2 Å². The fourth-order valence-electron chi connectivity index (χ4n) is 2.01. The van der Waals surface area contributed by atoms with Crippen LogP contribution < -0.4 is 4.90 Å². The first kappa shape index (κ1) is 10.5. The summed E-state index contributed by atoms with van der Waals surface area (Å²) < 4.78 is 0. The topological polar surface area (TPSA) is 69.1 Å². The van der Waals surface area contributed by atoms with Gasteiger partial charge in [-0.25, -0.2) is 0 Å². The molecule has 0 atom stereocenters. The van der Waals surface area contributed by atoms with Crippen molar-refractivity contribution in [3.63, 3.8) is 0 Å². The van der Waals surface area contributed by atoms with Crippen LogP contribution in [0.25, 0.3) is 10.4 Å². The molecule has 1 aromatic rings. The van der Waals surface area contributed by atoms with Crippen LogP contribution in [0.1, 0.15) is 18.9 Å². The van der Waals surface area contributed by atoms with Gasteiger partial charge in [0.2, 0.25) is 5.91 Å². The van der Waals surface area contributed by atoms with Crippen LogP contribution in [0, 0.1) is 0 Å². The minimum absolute atomic E-state index is 0.159. The molecule has 1 heterocycles. The zero-order valence-corrected chi connectivity index (χ0v) is 9.05. The van der Waals surface area contributed by atoms with Gasteiger partial charge in [0, 0.05) is 29.3 Å². The van der Waals surface area contributed by atoms with Crippen molar-refractivity contribution < 1.29 is 4.79 Å². The summed E-state index contributed by atoms with van der Waals surface area (Å²) in [6.45, 7) is 2.63. The van der Waals surface area contributed by atoms with Crippen LogP contribution in [0.5, 0.6) is 0 Å². The third kappa shape index (κ3) is 1.73. The van der Waals surface area contributed by atoms with Crippen LogP contribution in [-0.2, 0) is 11.2 Å². The van der Waals surface area contributed by atoms with Crippen LogP contribution >= 0.6 is 0 Å². The molecular formula is C11H12N4O. The summed E-state index contributed by atoms with van der Waals surface area (Å²) in [6.07, 6.45) is 1.25. The number of nitrogens with zero attached hydrogens (tertiary/aromatic N) is 4. The standard InChI is InChI=1S/C11H12N4O/c1-2-15-10-5-4-9(13-14-12)7-8(10)3-6-11(15)16/h4-5,7H,2-3,6H2,1H3. The van der Waals surface area contributed by atoms with Crippen LogP contribution in [0.3, 0.4) is 0 Å². The van der Waals surface area contributed by atoms with Gasteiger partial charge in [-0.2, -0.15) is 0 Å². The molecule has 0 saturated carbocycles. The molecule has 2 rings (SSSR count). The predicted molar refractivity (Wildman–Crippen MR) is 61.6 cm³/mol. The number of hydrogen-bond acceptors (Lipinski definition) is 2. The summed E-state index contributed by atoms with van der Waals surface area (Å²) in [5.74, 6) is 0.159. The molecule has 0 fully saturated rings. The fourth-order valence-corrected chi connectivity index (χ4v) is 2.01. The van der Waals surface area contributed by atoms with Gasteiger partial charge in [0.05, 0.1) is 0 Å². The summed E-state index contributed by atoms with van der Waals surface area (Å²) >= 11 is 0. The van der Waals surface area contributed by atoms with Crippen LogP contribution in [0.2, 0.25) is 0 Å². The summed E-state index contributed by atoms with van der Waals surface area (Å²) in [7, 11) is 0. The number of rotatable bonds is 2. The Bertz CT molecular complexity index is 477. The molecule has 0 unspecified atom stereocenters. The minimum Gasteiger partial charge on any atom is -0.312 e. The Morgan fingerprint density at radius 1 is 1.50 bits per heavy atom. The van der Waals surface area contributed by atoms with Crippen molar-refractivity contribution in [3.8, 4) is 0 Å². The number of amides is 1. The molecule has 0 aromatic heterocycles. The van der Waals surface area contributed by atoms with Crippen molar-refractivity contribution in [1.29, 1.82) is 0 Å². The third-order valence-electron chi connectivity index (χ3n) is 2.74. The van der Waals surface area contributed by atoms with E-state index in [1.165, 1.54) is 0 Å². The number of benzene rings is 1. The maximum Gasteiger partial charge on any atom is 0.227 e. The van der Waals surface area contributed by atoms with E-state index in [0.29, 0.717) is 18.7 Å². The highest BCUT2D eigenvalue weighted by Crippen LogP contribution is 2.30. The predicted octanol–water partition coefficient (Wildman–Crippen LogP) is 2.93. The molecule has 1 aliphatic heterocycles. The second-order valence-electron chi connectivity index (χ2n) is 3.64. The van der Waals surface area contributed by atoms with E-state index in [-0.39, 0.29) is 5.91 Å². The molecule has 5 heteroatoms. The van der Waals surface area contributed by atoms with Gasteiger partial charge in [-0.1, -0.05) is 11.2 Å². The molecule has 0 bridgehead atoms. The molecule has 0 N–H and O–H groups in total. The fraction of sp³-hybridized carbons (Fsp3) is 0.364. The lowest BCUT2D eigenvalue weighted by atomic mass is 10.0. The van der Waals surface area contributed by atoms with Crippen molar-refractivity contribution in [2.24, 2.45) is 5.11 Å². The van der Waals surface area contributed by atoms with E-state index in [4.69, 9.17) is 5.53 Å². The molecular weight excluding hydrogens is 204 g/mol. The average Bonchev–Trinajstić information content (AvgIpc) is 2.30. The van der Waals surface area contributed by atoms with Crippen LogP contribution in [0.15, 0.2) is 23.3 Å². The zero-order valence-electron chi connectivity index (χ0n) is 9.05. The maximum absolute atomic E-state index is 11.6. The zero-order chi connectivity index (χ0) is 11.5. The van der Waals surface area contributed by atoms with E-state index in [2.05, 4.69) is 10.0 Å². The second kappa shape index (κ2) is 4.24. The first-order valence-corrected chi connectivity index (χ1v) is 5.24. The van der Waals surface area contributed by atoms with E-state index in [9.17, 15) is 4.79 Å². The van der Waals surface area contributed by atoms with E-state index >= 15 is 0 Å². The van der Waals surface area contributed by atoms with Gasteiger partial charge in [-0.15, -0.1) is 0 Å². The monoisotopic (exact) mass is 216 g/mol. The number of carbonyl (C=O) groups is 1. The van der Waals surface area contributed by atoms with E-state index in [1.54, 1.807) is 11.0 Å². The Balaban J connectivity index is 2.45. The Kier molecular flexibility index (Phi) is 2.79. The van der Waals surface area contributed by atoms with E-state index in [1.807, 2.05) is 19.1 Å². The number of hydrogen-bond donors (Lipinski definition) is 0. The van der Waals surface area contributed by atoms with Gasteiger partial charge in [-0.3, -0.25) is 4.79 Å². The lowest BCUT2D eigenvalue weighted by Crippen LogP contribution is -2.34. The summed E-state index contributed by atoms with van der Waals surface area (Å²) in [5, 5.41) is 3.56. The lowest BCUT2D eigenvalue weighted by Gasteiger charge is -2.28. The SMILES string of the molecule is CCN1C(=O)CCc2cc(N=[N+]=[N-])ccc21. The van der Waals surface area contributed by atoms with Crippen molar-refractivity contribution in [2.45, 2.75) is 19.8 Å². The van der Waals surface area contributed by atoms with Gasteiger partial charge in [0.1, 0.15) is 0 Å². The summed E-state index contributed by atoms with van der Waals surface area (Å²) in [6, 6.07) is 5.43. The number of aryl methyl sites for hydroxylation is 1. The number of fused-ring (bicyclic) bond motifs is 1. The number of carbonyl (C=O) groups excluding carboxylic acids is 1. The van der Waals surface area contributed by atoms with Gasteiger partial charge >= 0.3 is 0 Å². The first-order valence-electron chi connectivity index (χ1n) is 5.24. The van der Waals surface area contributed by atoms with Crippen molar-refractivity contribution in [1.82, 2.24) is 0 Å². The largest absolute Gasteiger partial charge is 0.312 e. The highest BCUT2D eigenvalue weighted by molar-refractivity contribution is 5.96. The Hall–Kier alpha value is -2.00. The quantitative estimate of drug-likeness (QED) is 0.425. The Morgan fingerprint density at radius 3 is 3.00 bits per heavy atom. The molecule has 1 amide bonds. The third-order valence-corrected chi connectivity index (χ3v) is 2.74. The highest BCUT2D eigenvalue weighted by atomic mass is 16.2. The minimum atomic E-state index is 0.159. The smallest absolute Gasteiger partial charge is 0.227 e. The number of anilines is 1. The second-order valence-corrected chi connectivity index (χ2v) is 3.64. The number of azide groups is 1. The lowest BCUT2D eigenvalue weighted by molar-refractivity contribution is -0.118. The van der Waals surface area contributed by atoms with E-state index in [0.717, 1.165) is 17.7 Å². The molecule has 0 aliphatic carbocycles. The van der Waals surface area contributed by atoms with Gasteiger partial charge in [0.15, 0.2) is 0 Å². The van der Waals surface area contributed by atoms with E-state index < -0.39 is 0 Å². The van der Waals surface area contributed by atoms with Gasteiger partial charge in [0.25, 0.3) is 0 Å². The molecule has 0 spiro atoms. The Morgan fingerprint density at radius 2 is 2.31 bits per heavy atom. The molecule has 16 heavy (non-hydrogen) atoms. The normalized spacial score (nSPS) is 14.3. The molecule has 0 saturated heterocycles. The molecule has 5 nitrogen and oxygen atoms in total. The van der Waals surface area contributed by atoms with Crippen LogP contribution in [-0.4, -0.2) is 12.5 Å². The van der Waals surface area contributed by atoms with Gasteiger partial charge < -0.3 is 4.90 Å². The average molecular weight is 216 g/mol. The summed E-state index contributed by atoms with van der Waals surface area (Å²) in [4.78, 5) is 16.2. The van der Waals surface area contributed by atoms with Crippen molar-refractivity contribution in [2.75, 3.05) is 11.4 Å². The van der Waals surface area contributed by atoms with Gasteiger partial charge in [-0.05, 0) is 36.6 Å². The first-order chi connectivity index (χ1) is 7.76. The Labute approximate surface area is 93.3 Å². The van der Waals surface area contributed by atoms with Crippen LogP contribution in [0.4, 0.5) is 11.4 Å². The molecule has 1 aliphatic rings. The molecule has 0 radical (unpaired) electrons. The highest BCUT2D eigenvalue weighted by Gasteiger charge is 2.22.